The summed E-state index contributed by atoms with van der Waals surface area (Å²) in [7, 11) is 0. The molecule has 7 heteroatoms. The topological polar surface area (TPSA) is 59.8 Å². The third-order valence-corrected chi connectivity index (χ3v) is 5.09. The predicted molar refractivity (Wildman–Crippen MR) is 93.1 cm³/mol. The van der Waals surface area contributed by atoms with Crippen molar-refractivity contribution in [1.29, 1.82) is 0 Å². The molecule has 1 aromatic heterocycles. The molecule has 2 aromatic rings. The fourth-order valence-electron chi connectivity index (χ4n) is 2.60. The minimum atomic E-state index is -0.0910. The highest BCUT2D eigenvalue weighted by molar-refractivity contribution is 7.99. The molecule has 0 unspecified atom stereocenters. The van der Waals surface area contributed by atoms with Crippen molar-refractivity contribution in [1.82, 2.24) is 14.8 Å². The molecule has 2 heterocycles. The van der Waals surface area contributed by atoms with Crippen molar-refractivity contribution in [2.45, 2.75) is 44.3 Å². The molecule has 1 aliphatic heterocycles. The molecule has 1 aromatic carbocycles. The first-order valence-electron chi connectivity index (χ1n) is 7.74. The van der Waals surface area contributed by atoms with Gasteiger partial charge in [0.15, 0.2) is 5.16 Å². The normalized spacial score (nSPS) is 14.2. The van der Waals surface area contributed by atoms with Crippen LogP contribution in [0.1, 0.15) is 30.7 Å². The van der Waals surface area contributed by atoms with Crippen LogP contribution in [0.2, 0.25) is 5.02 Å². The number of hydrogen-bond acceptors (Lipinski definition) is 4. The van der Waals surface area contributed by atoms with Crippen LogP contribution < -0.4 is 5.32 Å². The van der Waals surface area contributed by atoms with Gasteiger partial charge in [-0.05, 0) is 37.5 Å². The molecule has 1 N–H and O–H groups in total. The average Bonchev–Trinajstić information content (AvgIpc) is 2.75. The van der Waals surface area contributed by atoms with Crippen LogP contribution in [0.3, 0.4) is 0 Å². The smallest absolute Gasteiger partial charge is 0.234 e. The van der Waals surface area contributed by atoms with Crippen LogP contribution in [0, 0.1) is 6.92 Å². The van der Waals surface area contributed by atoms with E-state index in [1.807, 2.05) is 25.1 Å². The first-order valence-corrected chi connectivity index (χ1v) is 9.11. The number of anilines is 1. The maximum absolute atomic E-state index is 12.1. The molecule has 0 aliphatic carbocycles. The van der Waals surface area contributed by atoms with E-state index in [0.717, 1.165) is 42.4 Å². The third-order valence-electron chi connectivity index (χ3n) is 3.81. The first kappa shape index (κ1) is 16.3. The second-order valence-corrected chi connectivity index (χ2v) is 7.03. The van der Waals surface area contributed by atoms with Gasteiger partial charge in [-0.1, -0.05) is 35.9 Å². The number of nitrogens with one attached hydrogen (secondary N) is 1. The van der Waals surface area contributed by atoms with Crippen LogP contribution in [-0.4, -0.2) is 26.4 Å². The van der Waals surface area contributed by atoms with Crippen LogP contribution in [0.5, 0.6) is 0 Å². The minimum Gasteiger partial charge on any atom is -0.324 e. The lowest BCUT2D eigenvalue weighted by Gasteiger charge is -2.08. The van der Waals surface area contributed by atoms with Crippen molar-refractivity contribution in [3.63, 3.8) is 0 Å². The van der Waals surface area contributed by atoms with E-state index < -0.39 is 0 Å². The van der Waals surface area contributed by atoms with Gasteiger partial charge in [0, 0.05) is 13.0 Å². The third kappa shape index (κ3) is 4.06. The van der Waals surface area contributed by atoms with E-state index >= 15 is 0 Å². The van der Waals surface area contributed by atoms with Crippen molar-refractivity contribution in [2.24, 2.45) is 0 Å². The van der Waals surface area contributed by atoms with E-state index in [1.54, 1.807) is 0 Å². The summed E-state index contributed by atoms with van der Waals surface area (Å²) in [6, 6.07) is 5.58. The van der Waals surface area contributed by atoms with Gasteiger partial charge in [0.05, 0.1) is 16.5 Å². The summed E-state index contributed by atoms with van der Waals surface area (Å²) in [6.45, 7) is 2.90. The largest absolute Gasteiger partial charge is 0.324 e. The summed E-state index contributed by atoms with van der Waals surface area (Å²) in [5.74, 6) is 1.24. The minimum absolute atomic E-state index is 0.0910. The lowest BCUT2D eigenvalue weighted by molar-refractivity contribution is -0.113. The number of rotatable bonds is 4. The molecule has 0 radical (unpaired) electrons. The lowest BCUT2D eigenvalue weighted by atomic mass is 10.2. The second-order valence-electron chi connectivity index (χ2n) is 5.68. The predicted octanol–water partition coefficient (Wildman–Crippen LogP) is 3.70. The summed E-state index contributed by atoms with van der Waals surface area (Å²) in [5, 5.41) is 12.7. The number of aryl methyl sites for hydroxylation is 2. The zero-order valence-corrected chi connectivity index (χ0v) is 14.6. The van der Waals surface area contributed by atoms with Gasteiger partial charge in [-0.25, -0.2) is 0 Å². The van der Waals surface area contributed by atoms with E-state index in [0.29, 0.717) is 16.5 Å². The molecule has 122 valence electrons. The maximum Gasteiger partial charge on any atom is 0.234 e. The Morgan fingerprint density at radius 1 is 1.35 bits per heavy atom. The highest BCUT2D eigenvalue weighted by atomic mass is 35.5. The standard InChI is InChI=1S/C16H19ClN4OS/c1-11-6-7-13(12(17)9-11)18-15(22)10-23-16-20-19-14-5-3-2-4-8-21(14)16/h6-7,9H,2-5,8,10H2,1H3,(H,18,22). The molecule has 5 nitrogen and oxygen atoms in total. The Bertz CT molecular complexity index is 716. The van der Waals surface area contributed by atoms with Crippen LogP contribution in [0.25, 0.3) is 0 Å². The summed E-state index contributed by atoms with van der Waals surface area (Å²) in [6.07, 6.45) is 4.50. The Labute approximate surface area is 144 Å². The Kier molecular flexibility index (Phi) is 5.23. The summed E-state index contributed by atoms with van der Waals surface area (Å²) >= 11 is 7.56. The van der Waals surface area contributed by atoms with Gasteiger partial charge < -0.3 is 9.88 Å². The molecule has 0 spiro atoms. The molecule has 0 saturated carbocycles. The molecule has 0 saturated heterocycles. The van der Waals surface area contributed by atoms with Crippen LogP contribution in [0.4, 0.5) is 5.69 Å². The number of halogens is 1. The lowest BCUT2D eigenvalue weighted by Crippen LogP contribution is -2.15. The van der Waals surface area contributed by atoms with E-state index in [1.165, 1.54) is 18.2 Å². The quantitative estimate of drug-likeness (QED) is 0.854. The molecule has 23 heavy (non-hydrogen) atoms. The first-order chi connectivity index (χ1) is 11.1. The summed E-state index contributed by atoms with van der Waals surface area (Å²) in [5.41, 5.74) is 1.71. The average molecular weight is 351 g/mol. The molecule has 3 rings (SSSR count). The van der Waals surface area contributed by atoms with E-state index in [-0.39, 0.29) is 5.91 Å². The summed E-state index contributed by atoms with van der Waals surface area (Å²) in [4.78, 5) is 12.1. The van der Waals surface area contributed by atoms with Gasteiger partial charge in [-0.15, -0.1) is 10.2 Å². The Morgan fingerprint density at radius 3 is 3.04 bits per heavy atom. The van der Waals surface area contributed by atoms with Crippen molar-refractivity contribution < 1.29 is 4.79 Å². The fourth-order valence-corrected chi connectivity index (χ4v) is 3.67. The van der Waals surface area contributed by atoms with Crippen LogP contribution in [0.15, 0.2) is 23.4 Å². The van der Waals surface area contributed by atoms with Gasteiger partial charge in [-0.2, -0.15) is 0 Å². The number of thioether (sulfide) groups is 1. The zero-order chi connectivity index (χ0) is 16.2. The number of benzene rings is 1. The van der Waals surface area contributed by atoms with Crippen LogP contribution >= 0.6 is 23.4 Å². The fraction of sp³-hybridized carbons (Fsp3) is 0.438. The zero-order valence-electron chi connectivity index (χ0n) is 13.0. The SMILES string of the molecule is Cc1ccc(NC(=O)CSc2nnc3n2CCCCC3)c(Cl)c1. The highest BCUT2D eigenvalue weighted by Gasteiger charge is 2.16. The number of fused-ring (bicyclic) bond motifs is 1. The van der Waals surface area contributed by atoms with Gasteiger partial charge in [-0.3, -0.25) is 4.79 Å². The van der Waals surface area contributed by atoms with E-state index in [4.69, 9.17) is 11.6 Å². The number of amides is 1. The Morgan fingerprint density at radius 2 is 2.22 bits per heavy atom. The van der Waals surface area contributed by atoms with Crippen molar-refractivity contribution in [3.05, 3.63) is 34.6 Å². The molecule has 1 aliphatic rings. The highest BCUT2D eigenvalue weighted by Crippen LogP contribution is 2.24. The number of hydrogen-bond donors (Lipinski definition) is 1. The number of nitrogens with zero attached hydrogens (tertiary/aromatic N) is 3. The van der Waals surface area contributed by atoms with E-state index in [2.05, 4.69) is 20.1 Å². The Balaban J connectivity index is 1.60. The van der Waals surface area contributed by atoms with Crippen molar-refractivity contribution >= 4 is 35.0 Å². The molecule has 0 atom stereocenters. The van der Waals surface area contributed by atoms with Gasteiger partial charge in [0.25, 0.3) is 0 Å². The molecule has 0 bridgehead atoms. The van der Waals surface area contributed by atoms with E-state index in [9.17, 15) is 4.79 Å². The number of carbonyl (C=O) groups excluding carboxylic acids is 1. The molecular weight excluding hydrogens is 332 g/mol. The van der Waals surface area contributed by atoms with Crippen molar-refractivity contribution in [3.8, 4) is 0 Å². The summed E-state index contributed by atoms with van der Waals surface area (Å²) < 4.78 is 2.14. The number of carbonyl (C=O) groups is 1. The maximum atomic E-state index is 12.1. The van der Waals surface area contributed by atoms with Crippen molar-refractivity contribution in [2.75, 3.05) is 11.1 Å². The van der Waals surface area contributed by atoms with Gasteiger partial charge in [0.2, 0.25) is 5.91 Å². The van der Waals surface area contributed by atoms with Crippen LogP contribution in [-0.2, 0) is 17.8 Å². The molecular formula is C16H19ClN4OS. The van der Waals surface area contributed by atoms with Gasteiger partial charge >= 0.3 is 0 Å². The monoisotopic (exact) mass is 350 g/mol. The Hall–Kier alpha value is -1.53. The second kappa shape index (κ2) is 7.36. The number of aromatic nitrogens is 3. The van der Waals surface area contributed by atoms with Gasteiger partial charge in [0.1, 0.15) is 5.82 Å². The molecule has 1 amide bonds. The molecule has 0 fully saturated rings.